The van der Waals surface area contributed by atoms with Crippen molar-refractivity contribution in [1.82, 2.24) is 4.98 Å². The van der Waals surface area contributed by atoms with Gasteiger partial charge in [-0.05, 0) is 6.07 Å². The van der Waals surface area contributed by atoms with E-state index in [0.29, 0.717) is 6.07 Å². The zero-order valence-electron chi connectivity index (χ0n) is 9.96. The molecule has 0 radical (unpaired) electrons. The van der Waals surface area contributed by atoms with Crippen LogP contribution in [0.4, 0.5) is 22.0 Å². The van der Waals surface area contributed by atoms with Crippen LogP contribution in [0.15, 0.2) is 6.07 Å². The molecule has 0 spiro atoms. The van der Waals surface area contributed by atoms with Gasteiger partial charge in [0.05, 0.1) is 24.8 Å². The average molecular weight is 294 g/mol. The molecule has 1 aromatic rings. The second-order valence-electron chi connectivity index (χ2n) is 3.58. The van der Waals surface area contributed by atoms with Crippen LogP contribution in [0.1, 0.15) is 28.9 Å². The lowest BCUT2D eigenvalue weighted by Gasteiger charge is -2.16. The maximum atomic E-state index is 12.9. The highest BCUT2D eigenvalue weighted by Crippen LogP contribution is 2.38. The van der Waals surface area contributed by atoms with E-state index in [0.717, 1.165) is 7.11 Å². The molecule has 0 aliphatic heterocycles. The quantitative estimate of drug-likeness (QED) is 0.635. The highest BCUT2D eigenvalue weighted by molar-refractivity contribution is 5.72. The molecule has 1 heterocycles. The van der Waals surface area contributed by atoms with Gasteiger partial charge in [0.25, 0.3) is 6.43 Å². The van der Waals surface area contributed by atoms with Crippen molar-refractivity contribution in [3.8, 4) is 6.07 Å². The number of pyridine rings is 1. The van der Waals surface area contributed by atoms with E-state index in [2.05, 4.69) is 9.72 Å². The van der Waals surface area contributed by atoms with Gasteiger partial charge >= 0.3 is 12.1 Å². The molecule has 0 aromatic carbocycles. The molecule has 0 saturated heterocycles. The van der Waals surface area contributed by atoms with Gasteiger partial charge in [0.1, 0.15) is 11.8 Å². The van der Waals surface area contributed by atoms with E-state index in [9.17, 15) is 26.7 Å². The molecular weight excluding hydrogens is 287 g/mol. The van der Waals surface area contributed by atoms with Gasteiger partial charge < -0.3 is 4.74 Å². The summed E-state index contributed by atoms with van der Waals surface area (Å²) in [5.41, 5.74) is -4.69. The third-order valence-electron chi connectivity index (χ3n) is 2.30. The predicted molar refractivity (Wildman–Crippen MR) is 54.6 cm³/mol. The number of halogens is 5. The van der Waals surface area contributed by atoms with E-state index in [1.165, 1.54) is 6.07 Å². The van der Waals surface area contributed by atoms with E-state index in [4.69, 9.17) is 5.26 Å². The minimum Gasteiger partial charge on any atom is -0.469 e. The molecule has 0 amide bonds. The van der Waals surface area contributed by atoms with E-state index in [1.807, 2.05) is 0 Å². The molecule has 0 fully saturated rings. The molecule has 0 atom stereocenters. The van der Waals surface area contributed by atoms with Crippen LogP contribution in [0.3, 0.4) is 0 Å². The fourth-order valence-corrected chi connectivity index (χ4v) is 1.51. The lowest BCUT2D eigenvalue weighted by molar-refractivity contribution is -0.142. The van der Waals surface area contributed by atoms with Crippen molar-refractivity contribution in [2.24, 2.45) is 0 Å². The van der Waals surface area contributed by atoms with Crippen LogP contribution in [0.2, 0.25) is 0 Å². The summed E-state index contributed by atoms with van der Waals surface area (Å²) < 4.78 is 68.2. The number of carbonyl (C=O) groups excluding carboxylic acids is 1. The van der Waals surface area contributed by atoms with Crippen molar-refractivity contribution in [3.05, 3.63) is 28.6 Å². The van der Waals surface area contributed by atoms with Crippen molar-refractivity contribution in [2.45, 2.75) is 19.0 Å². The third kappa shape index (κ3) is 3.40. The molecule has 0 aliphatic carbocycles. The average Bonchev–Trinajstić information content (AvgIpc) is 2.35. The molecule has 20 heavy (non-hydrogen) atoms. The molecule has 0 N–H and O–H groups in total. The van der Waals surface area contributed by atoms with Gasteiger partial charge in [-0.25, -0.2) is 13.8 Å². The number of methoxy groups -OCH3 is 1. The number of esters is 1. The smallest absolute Gasteiger partial charge is 0.418 e. The number of nitriles is 1. The maximum Gasteiger partial charge on any atom is 0.418 e. The van der Waals surface area contributed by atoms with Gasteiger partial charge in [0.15, 0.2) is 0 Å². The van der Waals surface area contributed by atoms with Gasteiger partial charge in [-0.3, -0.25) is 4.79 Å². The molecular formula is C11H7F5N2O2. The van der Waals surface area contributed by atoms with E-state index >= 15 is 0 Å². The van der Waals surface area contributed by atoms with Crippen LogP contribution in [0, 0.1) is 11.3 Å². The van der Waals surface area contributed by atoms with Crippen molar-refractivity contribution >= 4 is 5.97 Å². The number of ether oxygens (including phenoxy) is 1. The third-order valence-corrected chi connectivity index (χ3v) is 2.30. The van der Waals surface area contributed by atoms with E-state index in [-0.39, 0.29) is 0 Å². The van der Waals surface area contributed by atoms with Gasteiger partial charge in [-0.1, -0.05) is 0 Å². The van der Waals surface area contributed by atoms with Crippen molar-refractivity contribution in [1.29, 1.82) is 5.26 Å². The van der Waals surface area contributed by atoms with Crippen LogP contribution in [0.25, 0.3) is 0 Å². The first-order chi connectivity index (χ1) is 9.20. The van der Waals surface area contributed by atoms with Crippen LogP contribution in [-0.4, -0.2) is 18.1 Å². The van der Waals surface area contributed by atoms with Crippen LogP contribution in [-0.2, 0) is 22.1 Å². The molecule has 4 nitrogen and oxygen atoms in total. The molecule has 0 saturated carbocycles. The molecule has 108 valence electrons. The summed E-state index contributed by atoms with van der Waals surface area (Å²) in [5, 5.41) is 8.60. The number of nitrogens with zero attached hydrogens (tertiary/aromatic N) is 2. The molecule has 9 heteroatoms. The number of carbonyl (C=O) groups is 1. The SMILES string of the molecule is COC(=O)Cc1nc(C#N)cc(C(F)F)c1C(F)(F)F. The largest absolute Gasteiger partial charge is 0.469 e. The van der Waals surface area contributed by atoms with E-state index < -0.39 is 47.5 Å². The number of hydrogen-bond donors (Lipinski definition) is 0. The summed E-state index contributed by atoms with van der Waals surface area (Å²) in [5.74, 6) is -1.08. The van der Waals surface area contributed by atoms with Crippen molar-refractivity contribution in [2.75, 3.05) is 7.11 Å². The Kier molecular flexibility index (Phi) is 4.60. The monoisotopic (exact) mass is 294 g/mol. The first-order valence-electron chi connectivity index (χ1n) is 5.06. The Morgan fingerprint density at radius 2 is 2.10 bits per heavy atom. The summed E-state index contributed by atoms with van der Waals surface area (Å²) >= 11 is 0. The molecule has 0 unspecified atom stereocenters. The second-order valence-corrected chi connectivity index (χ2v) is 3.58. The highest BCUT2D eigenvalue weighted by atomic mass is 19.4. The standard InChI is InChI=1S/C11H7F5N2O2/c1-20-8(19)3-7-9(11(14,15)16)6(10(12)13)2-5(4-17)18-7/h2,10H,3H2,1H3. The number of rotatable bonds is 3. The number of alkyl halides is 5. The van der Waals surface area contributed by atoms with Crippen LogP contribution >= 0.6 is 0 Å². The van der Waals surface area contributed by atoms with Crippen LogP contribution in [0.5, 0.6) is 0 Å². The Morgan fingerprint density at radius 1 is 1.50 bits per heavy atom. The first kappa shape index (κ1) is 15.8. The molecule has 0 aliphatic rings. The summed E-state index contributed by atoms with van der Waals surface area (Å²) in [7, 11) is 0.928. The first-order valence-corrected chi connectivity index (χ1v) is 5.06. The van der Waals surface area contributed by atoms with Gasteiger partial charge in [0, 0.05) is 5.56 Å². The van der Waals surface area contributed by atoms with Crippen molar-refractivity contribution < 1.29 is 31.5 Å². The van der Waals surface area contributed by atoms with Gasteiger partial charge in [0.2, 0.25) is 0 Å². The lowest BCUT2D eigenvalue weighted by atomic mass is 10.0. The minimum absolute atomic E-state index is 0.355. The highest BCUT2D eigenvalue weighted by Gasteiger charge is 2.40. The normalized spacial score (nSPS) is 11.3. The minimum atomic E-state index is -5.13. The number of hydrogen-bond acceptors (Lipinski definition) is 4. The molecule has 0 bridgehead atoms. The summed E-state index contributed by atoms with van der Waals surface area (Å²) in [6.45, 7) is 0. The lowest BCUT2D eigenvalue weighted by Crippen LogP contribution is -2.19. The Hall–Kier alpha value is -2.24. The summed E-state index contributed by atoms with van der Waals surface area (Å²) in [6, 6.07) is 1.72. The fraction of sp³-hybridized carbons (Fsp3) is 0.364. The van der Waals surface area contributed by atoms with E-state index in [1.54, 1.807) is 0 Å². The number of aromatic nitrogens is 1. The van der Waals surface area contributed by atoms with Gasteiger partial charge in [-0.2, -0.15) is 18.4 Å². The Morgan fingerprint density at radius 3 is 2.50 bits per heavy atom. The summed E-state index contributed by atoms with van der Waals surface area (Å²) in [4.78, 5) is 14.3. The van der Waals surface area contributed by atoms with Crippen molar-refractivity contribution in [3.63, 3.8) is 0 Å². The van der Waals surface area contributed by atoms with Crippen LogP contribution < -0.4 is 0 Å². The fourth-order valence-electron chi connectivity index (χ4n) is 1.51. The zero-order chi connectivity index (χ0) is 15.5. The molecule has 1 rings (SSSR count). The topological polar surface area (TPSA) is 63.0 Å². The Bertz CT molecular complexity index is 563. The predicted octanol–water partition coefficient (Wildman–Crippen LogP) is 2.63. The Labute approximate surface area is 109 Å². The maximum absolute atomic E-state index is 12.9. The van der Waals surface area contributed by atoms with Gasteiger partial charge in [-0.15, -0.1) is 0 Å². The molecule has 1 aromatic heterocycles. The zero-order valence-corrected chi connectivity index (χ0v) is 9.96. The second kappa shape index (κ2) is 5.81. The summed E-state index contributed by atoms with van der Waals surface area (Å²) in [6.07, 6.45) is -9.55. The Balaban J connectivity index is 3.57.